The highest BCUT2D eigenvalue weighted by molar-refractivity contribution is 5.84. The molecular formula is C16H17F3O3. The topological polar surface area (TPSA) is 35.5 Å². The molecule has 1 aliphatic carbocycles. The van der Waals surface area contributed by atoms with Gasteiger partial charge in [0.25, 0.3) is 0 Å². The smallest absolute Gasteiger partial charge is 0.416 e. The first-order valence-electron chi connectivity index (χ1n) is 7.38. The number of hydrogen-bond acceptors (Lipinski definition) is 3. The second-order valence-electron chi connectivity index (χ2n) is 5.91. The third-order valence-electron chi connectivity index (χ3n) is 4.50. The number of alkyl halides is 3. The lowest BCUT2D eigenvalue weighted by molar-refractivity contribution is -0.160. The van der Waals surface area contributed by atoms with Crippen molar-refractivity contribution in [3.8, 4) is 0 Å². The second-order valence-corrected chi connectivity index (χ2v) is 5.91. The maximum absolute atomic E-state index is 12.9. The van der Waals surface area contributed by atoms with Crippen LogP contribution < -0.4 is 0 Å². The van der Waals surface area contributed by atoms with Crippen LogP contribution in [0.15, 0.2) is 24.3 Å². The molecule has 3 nitrogen and oxygen atoms in total. The maximum atomic E-state index is 12.9. The minimum atomic E-state index is -4.41. The van der Waals surface area contributed by atoms with E-state index in [4.69, 9.17) is 9.47 Å². The number of ether oxygens (including phenoxy) is 2. The number of carbonyl (C=O) groups excluding carboxylic acids is 1. The average Bonchev–Trinajstić information content (AvgIpc) is 2.89. The third-order valence-corrected chi connectivity index (χ3v) is 4.50. The van der Waals surface area contributed by atoms with E-state index in [0.29, 0.717) is 38.0 Å². The quantitative estimate of drug-likeness (QED) is 0.802. The molecule has 0 N–H and O–H groups in total. The molecule has 1 atom stereocenters. The summed E-state index contributed by atoms with van der Waals surface area (Å²) in [4.78, 5) is 12.5. The van der Waals surface area contributed by atoms with Crippen molar-refractivity contribution in [1.82, 2.24) is 0 Å². The number of carbonyl (C=O) groups is 1. The van der Waals surface area contributed by atoms with E-state index in [2.05, 4.69) is 0 Å². The van der Waals surface area contributed by atoms with Gasteiger partial charge >= 0.3 is 12.1 Å². The van der Waals surface area contributed by atoms with Gasteiger partial charge in [0.15, 0.2) is 0 Å². The van der Waals surface area contributed by atoms with Crippen LogP contribution in [0.5, 0.6) is 0 Å². The van der Waals surface area contributed by atoms with Gasteiger partial charge in [-0.15, -0.1) is 0 Å². The van der Waals surface area contributed by atoms with Crippen LogP contribution in [0, 0.1) is 0 Å². The van der Waals surface area contributed by atoms with Gasteiger partial charge in [0.05, 0.1) is 24.2 Å². The summed E-state index contributed by atoms with van der Waals surface area (Å²) in [6, 6.07) is 5.03. The molecule has 1 aliphatic heterocycles. The highest BCUT2D eigenvalue weighted by Crippen LogP contribution is 2.46. The van der Waals surface area contributed by atoms with E-state index in [0.717, 1.165) is 18.6 Å². The fraction of sp³-hybridized carbons (Fsp3) is 0.562. The van der Waals surface area contributed by atoms with Crippen molar-refractivity contribution in [1.29, 1.82) is 0 Å². The molecule has 2 aliphatic rings. The molecule has 2 fully saturated rings. The average molecular weight is 314 g/mol. The van der Waals surface area contributed by atoms with Gasteiger partial charge in [-0.25, -0.2) is 0 Å². The van der Waals surface area contributed by atoms with E-state index in [1.54, 1.807) is 6.07 Å². The Labute approximate surface area is 126 Å². The van der Waals surface area contributed by atoms with Gasteiger partial charge < -0.3 is 9.47 Å². The van der Waals surface area contributed by atoms with Crippen molar-refractivity contribution in [3.63, 3.8) is 0 Å². The molecule has 120 valence electrons. The third kappa shape index (κ3) is 2.72. The van der Waals surface area contributed by atoms with Crippen molar-refractivity contribution in [2.24, 2.45) is 0 Å². The van der Waals surface area contributed by atoms with Gasteiger partial charge in [-0.05, 0) is 24.5 Å². The summed E-state index contributed by atoms with van der Waals surface area (Å²) in [6.45, 7) is 0.916. The summed E-state index contributed by atoms with van der Waals surface area (Å²) in [5.74, 6) is -0.423. The monoisotopic (exact) mass is 314 g/mol. The SMILES string of the molecule is O=C(O[C@@H]1CCOC1)C1(c2cccc(C(F)(F)F)c2)CCC1. The van der Waals surface area contributed by atoms with Gasteiger partial charge in [-0.1, -0.05) is 24.6 Å². The van der Waals surface area contributed by atoms with Crippen molar-refractivity contribution < 1.29 is 27.4 Å². The first-order chi connectivity index (χ1) is 10.4. The molecular weight excluding hydrogens is 297 g/mol. The summed E-state index contributed by atoms with van der Waals surface area (Å²) in [5.41, 5.74) is -1.25. The minimum absolute atomic E-state index is 0.282. The Hall–Kier alpha value is -1.56. The van der Waals surface area contributed by atoms with Crippen molar-refractivity contribution in [2.45, 2.75) is 43.4 Å². The van der Waals surface area contributed by atoms with Gasteiger partial charge in [-0.2, -0.15) is 13.2 Å². The van der Waals surface area contributed by atoms with Crippen LogP contribution in [0.4, 0.5) is 13.2 Å². The molecule has 0 unspecified atom stereocenters. The summed E-state index contributed by atoms with van der Waals surface area (Å²) in [5, 5.41) is 0. The molecule has 3 rings (SSSR count). The van der Waals surface area contributed by atoms with E-state index in [1.165, 1.54) is 6.07 Å². The van der Waals surface area contributed by atoms with Crippen LogP contribution >= 0.6 is 0 Å². The van der Waals surface area contributed by atoms with Crippen molar-refractivity contribution >= 4 is 5.97 Å². The Morgan fingerprint density at radius 1 is 1.32 bits per heavy atom. The predicted molar refractivity (Wildman–Crippen MR) is 72.3 cm³/mol. The lowest BCUT2D eigenvalue weighted by Gasteiger charge is -2.40. The normalized spacial score (nSPS) is 23.9. The van der Waals surface area contributed by atoms with Crippen LogP contribution in [0.1, 0.15) is 36.8 Å². The molecule has 1 saturated heterocycles. The lowest BCUT2D eigenvalue weighted by Crippen LogP contribution is -2.45. The van der Waals surface area contributed by atoms with Crippen molar-refractivity contribution in [2.75, 3.05) is 13.2 Å². The van der Waals surface area contributed by atoms with Gasteiger partial charge in [0, 0.05) is 6.42 Å². The molecule has 22 heavy (non-hydrogen) atoms. The highest BCUT2D eigenvalue weighted by Gasteiger charge is 2.48. The summed E-state index contributed by atoms with van der Waals surface area (Å²) >= 11 is 0. The molecule has 1 aromatic carbocycles. The van der Waals surface area contributed by atoms with Crippen molar-refractivity contribution in [3.05, 3.63) is 35.4 Å². The van der Waals surface area contributed by atoms with Crippen LogP contribution in [-0.4, -0.2) is 25.3 Å². The van der Waals surface area contributed by atoms with Crippen LogP contribution in [0.2, 0.25) is 0 Å². The van der Waals surface area contributed by atoms with Gasteiger partial charge in [0.1, 0.15) is 6.10 Å². The minimum Gasteiger partial charge on any atom is -0.459 e. The zero-order valence-corrected chi connectivity index (χ0v) is 12.0. The predicted octanol–water partition coefficient (Wildman–Crippen LogP) is 3.46. The number of benzene rings is 1. The molecule has 0 spiro atoms. The Bertz CT molecular complexity index is 558. The van der Waals surface area contributed by atoms with Crippen LogP contribution in [-0.2, 0) is 25.9 Å². The molecule has 0 amide bonds. The molecule has 1 heterocycles. The first kappa shape index (κ1) is 15.3. The number of rotatable bonds is 3. The summed E-state index contributed by atoms with van der Waals surface area (Å²) in [7, 11) is 0. The molecule has 0 radical (unpaired) electrons. The highest BCUT2D eigenvalue weighted by atomic mass is 19.4. The molecule has 0 aromatic heterocycles. The fourth-order valence-corrected chi connectivity index (χ4v) is 3.00. The zero-order chi connectivity index (χ0) is 15.8. The zero-order valence-electron chi connectivity index (χ0n) is 12.0. The standard InChI is InChI=1S/C16H17F3O3/c17-16(18,19)12-4-1-3-11(9-12)15(6-2-7-15)14(20)22-13-5-8-21-10-13/h1,3-4,9,13H,2,5-8,10H2/t13-/m1/s1. The molecule has 6 heteroatoms. The Morgan fingerprint density at radius 3 is 2.64 bits per heavy atom. The fourth-order valence-electron chi connectivity index (χ4n) is 3.00. The number of esters is 1. The molecule has 0 bridgehead atoms. The van der Waals surface area contributed by atoms with Crippen LogP contribution in [0.25, 0.3) is 0 Å². The summed E-state index contributed by atoms with van der Waals surface area (Å²) in [6.07, 6.45) is -2.18. The van der Waals surface area contributed by atoms with E-state index in [1.807, 2.05) is 0 Å². The Morgan fingerprint density at radius 2 is 2.09 bits per heavy atom. The van der Waals surface area contributed by atoms with E-state index in [-0.39, 0.29) is 6.10 Å². The van der Waals surface area contributed by atoms with Gasteiger partial charge in [0.2, 0.25) is 0 Å². The lowest BCUT2D eigenvalue weighted by atomic mass is 9.64. The maximum Gasteiger partial charge on any atom is 0.416 e. The number of hydrogen-bond donors (Lipinski definition) is 0. The second kappa shape index (κ2) is 5.57. The molecule has 1 saturated carbocycles. The summed E-state index contributed by atoms with van der Waals surface area (Å²) < 4.78 is 49.2. The van der Waals surface area contributed by atoms with E-state index < -0.39 is 23.1 Å². The Kier molecular flexibility index (Phi) is 3.89. The molecule has 1 aromatic rings. The van der Waals surface area contributed by atoms with E-state index >= 15 is 0 Å². The largest absolute Gasteiger partial charge is 0.459 e. The number of halogens is 3. The van der Waals surface area contributed by atoms with Crippen LogP contribution in [0.3, 0.4) is 0 Å². The Balaban J connectivity index is 1.84. The van der Waals surface area contributed by atoms with Gasteiger partial charge in [-0.3, -0.25) is 4.79 Å². The first-order valence-corrected chi connectivity index (χ1v) is 7.38. The van der Waals surface area contributed by atoms with E-state index in [9.17, 15) is 18.0 Å².